The highest BCUT2D eigenvalue weighted by Crippen LogP contribution is 2.38. The lowest BCUT2D eigenvalue weighted by Gasteiger charge is -2.33. The summed E-state index contributed by atoms with van der Waals surface area (Å²) in [6.45, 7) is 7.96. The monoisotopic (exact) mass is 470 g/mol. The van der Waals surface area contributed by atoms with E-state index in [0.717, 1.165) is 52.4 Å². The summed E-state index contributed by atoms with van der Waals surface area (Å²) in [4.78, 5) is 28.6. The second-order valence-electron chi connectivity index (χ2n) is 9.16. The summed E-state index contributed by atoms with van der Waals surface area (Å²) < 4.78 is 11.5. The molecule has 0 bridgehead atoms. The molecule has 0 unspecified atom stereocenters. The van der Waals surface area contributed by atoms with Gasteiger partial charge in [-0.3, -0.25) is 0 Å². The molecule has 0 radical (unpaired) electrons. The summed E-state index contributed by atoms with van der Waals surface area (Å²) >= 11 is 1.64. The Morgan fingerprint density at radius 1 is 1.24 bits per heavy atom. The minimum atomic E-state index is -0.487. The second kappa shape index (κ2) is 9.38. The van der Waals surface area contributed by atoms with E-state index in [0.29, 0.717) is 24.0 Å². The number of fused-ring (bicyclic) bond motifs is 1. The molecule has 1 fully saturated rings. The van der Waals surface area contributed by atoms with E-state index >= 15 is 0 Å². The summed E-state index contributed by atoms with van der Waals surface area (Å²) in [5, 5.41) is 2.90. The molecule has 4 rings (SSSR count). The number of hydrogen-bond acceptors (Lipinski definition) is 9. The Morgan fingerprint density at radius 3 is 2.67 bits per heavy atom. The van der Waals surface area contributed by atoms with Crippen molar-refractivity contribution in [1.29, 1.82) is 0 Å². The topological polar surface area (TPSA) is 115 Å². The van der Waals surface area contributed by atoms with Crippen LogP contribution in [0.1, 0.15) is 33.6 Å². The van der Waals surface area contributed by atoms with Crippen molar-refractivity contribution in [2.75, 3.05) is 37.4 Å². The molecule has 9 nitrogen and oxygen atoms in total. The summed E-state index contributed by atoms with van der Waals surface area (Å²) in [6, 6.07) is 3.92. The molecule has 0 saturated carbocycles. The zero-order valence-electron chi connectivity index (χ0n) is 19.4. The third-order valence-electron chi connectivity index (χ3n) is 5.50. The fourth-order valence-corrected chi connectivity index (χ4v) is 4.98. The molecule has 0 aromatic carbocycles. The zero-order chi connectivity index (χ0) is 23.6. The Labute approximate surface area is 197 Å². The van der Waals surface area contributed by atoms with E-state index < -0.39 is 5.60 Å². The van der Waals surface area contributed by atoms with Crippen molar-refractivity contribution in [3.63, 3.8) is 0 Å². The standard InChI is InChI=1S/C23H30N6O3S/c1-23(2,3)32-22(30)26-11-14-5-7-29(8-6-14)20-19-17(27-13-28-20)10-18(33-19)15-9-16(24)21(31-4)25-12-15/h9-10,12-14H,5-8,11,24H2,1-4H3,(H,26,30). The molecular formula is C23H30N6O3S. The zero-order valence-corrected chi connectivity index (χ0v) is 20.2. The Hall–Kier alpha value is -3.14. The maximum atomic E-state index is 11.9. The fraction of sp³-hybridized carbons (Fsp3) is 0.478. The molecule has 1 aliphatic heterocycles. The molecule has 3 aromatic rings. The van der Waals surface area contributed by atoms with Crippen LogP contribution in [-0.4, -0.2) is 53.4 Å². The minimum absolute atomic E-state index is 0.359. The summed E-state index contributed by atoms with van der Waals surface area (Å²) in [5.74, 6) is 1.78. The lowest BCUT2D eigenvalue weighted by Crippen LogP contribution is -2.40. The first kappa shape index (κ1) is 23.0. The Kier molecular flexibility index (Phi) is 6.55. The molecular weight excluding hydrogens is 440 g/mol. The van der Waals surface area contributed by atoms with Crippen molar-refractivity contribution in [1.82, 2.24) is 20.3 Å². The number of anilines is 2. The number of nitrogen functional groups attached to an aromatic ring is 1. The number of ether oxygens (including phenoxy) is 2. The number of hydrogen-bond donors (Lipinski definition) is 2. The molecule has 33 heavy (non-hydrogen) atoms. The van der Waals surface area contributed by atoms with Gasteiger partial charge in [0.05, 0.1) is 23.0 Å². The van der Waals surface area contributed by atoms with Crippen molar-refractivity contribution >= 4 is 39.2 Å². The molecule has 1 aliphatic rings. The van der Waals surface area contributed by atoms with Gasteiger partial charge in [-0.15, -0.1) is 11.3 Å². The van der Waals surface area contributed by atoms with Gasteiger partial charge in [-0.05, 0) is 51.7 Å². The molecule has 3 N–H and O–H groups in total. The first-order valence-electron chi connectivity index (χ1n) is 11.0. The average Bonchev–Trinajstić information content (AvgIpc) is 3.21. The van der Waals surface area contributed by atoms with Crippen molar-refractivity contribution in [3.05, 3.63) is 24.7 Å². The maximum Gasteiger partial charge on any atom is 0.407 e. The number of thiophene rings is 1. The smallest absolute Gasteiger partial charge is 0.407 e. The number of methoxy groups -OCH3 is 1. The van der Waals surface area contributed by atoms with Gasteiger partial charge in [0.1, 0.15) is 17.7 Å². The van der Waals surface area contributed by atoms with Gasteiger partial charge >= 0.3 is 6.09 Å². The van der Waals surface area contributed by atoms with Crippen LogP contribution < -0.4 is 20.7 Å². The van der Waals surface area contributed by atoms with Gasteiger partial charge in [0.2, 0.25) is 5.88 Å². The van der Waals surface area contributed by atoms with Crippen LogP contribution in [0.4, 0.5) is 16.3 Å². The number of nitrogens with one attached hydrogen (secondary N) is 1. The molecule has 0 spiro atoms. The number of amides is 1. The fourth-order valence-electron chi connectivity index (χ4n) is 3.87. The first-order valence-corrected chi connectivity index (χ1v) is 11.8. The number of alkyl carbamates (subject to hydrolysis) is 1. The SMILES string of the molecule is COc1ncc(-c2cc3ncnc(N4CCC(CNC(=O)OC(C)(C)C)CC4)c3s2)cc1N. The van der Waals surface area contributed by atoms with E-state index in [9.17, 15) is 4.79 Å². The normalized spacial score (nSPS) is 15.0. The number of nitrogens with zero attached hydrogens (tertiary/aromatic N) is 4. The molecule has 0 atom stereocenters. The van der Waals surface area contributed by atoms with E-state index in [1.54, 1.807) is 31.0 Å². The highest BCUT2D eigenvalue weighted by molar-refractivity contribution is 7.22. The third-order valence-corrected chi connectivity index (χ3v) is 6.67. The number of piperidine rings is 1. The van der Waals surface area contributed by atoms with E-state index in [1.807, 2.05) is 32.9 Å². The molecule has 1 amide bonds. The molecule has 0 aliphatic carbocycles. The van der Waals surface area contributed by atoms with Crippen LogP contribution in [0.25, 0.3) is 20.7 Å². The highest BCUT2D eigenvalue weighted by Gasteiger charge is 2.24. The summed E-state index contributed by atoms with van der Waals surface area (Å²) in [6.07, 6.45) is 4.96. The summed E-state index contributed by atoms with van der Waals surface area (Å²) in [7, 11) is 1.55. The van der Waals surface area contributed by atoms with Crippen LogP contribution in [0.5, 0.6) is 5.88 Å². The molecule has 4 heterocycles. The van der Waals surface area contributed by atoms with Crippen LogP contribution in [-0.2, 0) is 4.74 Å². The number of pyridine rings is 1. The summed E-state index contributed by atoms with van der Waals surface area (Å²) in [5.41, 5.74) is 7.89. The van der Waals surface area contributed by atoms with E-state index in [-0.39, 0.29) is 6.09 Å². The molecule has 3 aromatic heterocycles. The molecule has 1 saturated heterocycles. The van der Waals surface area contributed by atoms with Crippen molar-refractivity contribution in [2.45, 2.75) is 39.2 Å². The lowest BCUT2D eigenvalue weighted by atomic mass is 9.97. The predicted octanol–water partition coefficient (Wildman–Crippen LogP) is 4.09. The minimum Gasteiger partial charge on any atom is -0.480 e. The molecule has 10 heteroatoms. The van der Waals surface area contributed by atoms with Crippen LogP contribution >= 0.6 is 11.3 Å². The van der Waals surface area contributed by atoms with E-state index in [4.69, 9.17) is 15.2 Å². The van der Waals surface area contributed by atoms with E-state index in [1.165, 1.54) is 0 Å². The Balaban J connectivity index is 1.43. The van der Waals surface area contributed by atoms with Crippen molar-refractivity contribution in [3.8, 4) is 16.3 Å². The first-order chi connectivity index (χ1) is 15.7. The quantitative estimate of drug-likeness (QED) is 0.573. The Bertz CT molecular complexity index is 1130. The van der Waals surface area contributed by atoms with Crippen LogP contribution in [0.3, 0.4) is 0 Å². The Morgan fingerprint density at radius 2 is 2.00 bits per heavy atom. The van der Waals surface area contributed by atoms with Crippen LogP contribution in [0.2, 0.25) is 0 Å². The molecule has 176 valence electrons. The van der Waals surface area contributed by atoms with Gasteiger partial charge in [0.15, 0.2) is 0 Å². The third kappa shape index (κ3) is 5.44. The maximum absolute atomic E-state index is 11.9. The van der Waals surface area contributed by atoms with Gasteiger partial charge in [-0.2, -0.15) is 0 Å². The van der Waals surface area contributed by atoms with Gasteiger partial charge in [0.25, 0.3) is 0 Å². The second-order valence-corrected chi connectivity index (χ2v) is 10.2. The van der Waals surface area contributed by atoms with Gasteiger partial charge in [-0.1, -0.05) is 0 Å². The van der Waals surface area contributed by atoms with Gasteiger partial charge in [0, 0.05) is 36.3 Å². The predicted molar refractivity (Wildman–Crippen MR) is 131 cm³/mol. The highest BCUT2D eigenvalue weighted by atomic mass is 32.1. The van der Waals surface area contributed by atoms with Gasteiger partial charge in [-0.25, -0.2) is 19.7 Å². The number of nitrogens with two attached hydrogens (primary N) is 1. The number of aromatic nitrogens is 3. The average molecular weight is 471 g/mol. The van der Waals surface area contributed by atoms with Crippen molar-refractivity contribution in [2.24, 2.45) is 5.92 Å². The van der Waals surface area contributed by atoms with Crippen LogP contribution in [0, 0.1) is 5.92 Å². The number of carbonyl (C=O) groups excluding carboxylic acids is 1. The van der Waals surface area contributed by atoms with Crippen LogP contribution in [0.15, 0.2) is 24.7 Å². The van der Waals surface area contributed by atoms with Gasteiger partial charge < -0.3 is 25.4 Å². The number of rotatable bonds is 5. The van der Waals surface area contributed by atoms with Crippen molar-refractivity contribution < 1.29 is 14.3 Å². The number of carbonyl (C=O) groups is 1. The largest absolute Gasteiger partial charge is 0.480 e. The lowest BCUT2D eigenvalue weighted by molar-refractivity contribution is 0.0517. The van der Waals surface area contributed by atoms with E-state index in [2.05, 4.69) is 25.2 Å².